The number of halogens is 2. The Morgan fingerprint density at radius 1 is 1.42 bits per heavy atom. The van der Waals surface area contributed by atoms with Crippen molar-refractivity contribution < 1.29 is 24.3 Å². The summed E-state index contributed by atoms with van der Waals surface area (Å²) in [6.45, 7) is 0. The lowest BCUT2D eigenvalue weighted by molar-refractivity contribution is -0.150. The van der Waals surface area contributed by atoms with Crippen LogP contribution in [0, 0.1) is 0 Å². The summed E-state index contributed by atoms with van der Waals surface area (Å²) < 4.78 is 1.46. The van der Waals surface area contributed by atoms with Crippen LogP contribution in [0.15, 0.2) is 27.6 Å². The lowest BCUT2D eigenvalue weighted by Crippen LogP contribution is -2.71. The number of pyridine rings is 1. The van der Waals surface area contributed by atoms with Gasteiger partial charge in [-0.3, -0.25) is 14.5 Å². The number of carboxylic acids is 1. The normalized spacial score (nSPS) is 19.6. The van der Waals surface area contributed by atoms with Crippen molar-refractivity contribution in [3.8, 4) is 0 Å². The highest BCUT2D eigenvalue weighted by atomic mass is 35.5. The molecule has 0 aromatic carbocycles. The molecule has 2 aliphatic heterocycles. The Bertz CT molecular complexity index is 1320. The number of nitrogens with zero attached hydrogens (tertiary/aromatic N) is 7. The standard InChI is InChI=1S/C18H17Cl2N9O5S2/c1-28-18(24-26-27-28)36-5-6-4-35-16-11(15(31)29(16)12(6)17(32)33)23-14(30)10(25-34-2)9-7(19)3-8(20)13(21)22-9/h3,11,16H,4-5H2,1-2H3,(H2,21,22)(H,23,30)(H,32,33)/b25-10-/t11?,16-/m1/s1. The number of aliphatic carboxylic acids is 1. The summed E-state index contributed by atoms with van der Waals surface area (Å²) in [7, 11) is 2.88. The second-order valence-corrected chi connectivity index (χ2v) is 10.2. The van der Waals surface area contributed by atoms with Gasteiger partial charge in [0, 0.05) is 18.6 Å². The fraction of sp³-hybridized carbons (Fsp3) is 0.333. The maximum atomic E-state index is 13.0. The van der Waals surface area contributed by atoms with E-state index in [0.717, 1.165) is 4.90 Å². The van der Waals surface area contributed by atoms with Gasteiger partial charge in [-0.2, -0.15) is 0 Å². The zero-order valence-corrected chi connectivity index (χ0v) is 21.7. The number of carbonyl (C=O) groups is 3. The molecule has 1 fully saturated rings. The lowest BCUT2D eigenvalue weighted by atomic mass is 10.0. The van der Waals surface area contributed by atoms with Crippen molar-refractivity contribution in [3.05, 3.63) is 33.1 Å². The van der Waals surface area contributed by atoms with Crippen molar-refractivity contribution in [3.63, 3.8) is 0 Å². The number of hydrogen-bond acceptors (Lipinski definition) is 12. The number of nitrogen functional groups attached to an aromatic ring is 1. The van der Waals surface area contributed by atoms with E-state index >= 15 is 0 Å². The average molecular weight is 574 g/mol. The Balaban J connectivity index is 1.53. The van der Waals surface area contributed by atoms with Crippen LogP contribution in [0.5, 0.6) is 0 Å². The van der Waals surface area contributed by atoms with Gasteiger partial charge in [0.05, 0.1) is 10.0 Å². The summed E-state index contributed by atoms with van der Waals surface area (Å²) >= 11 is 14.6. The number of anilines is 1. The topological polar surface area (TPSA) is 191 Å². The van der Waals surface area contributed by atoms with E-state index in [9.17, 15) is 19.5 Å². The number of nitrogens with two attached hydrogens (primary N) is 1. The largest absolute Gasteiger partial charge is 0.477 e. The summed E-state index contributed by atoms with van der Waals surface area (Å²) in [5.74, 6) is -2.15. The Labute approximate surface area is 221 Å². The molecule has 14 nitrogen and oxygen atoms in total. The third-order valence-corrected chi connectivity index (χ3v) is 8.10. The summed E-state index contributed by atoms with van der Waals surface area (Å²) in [4.78, 5) is 47.9. The lowest BCUT2D eigenvalue weighted by Gasteiger charge is -2.49. The number of nitrogens with one attached hydrogen (secondary N) is 1. The van der Waals surface area contributed by atoms with Crippen molar-refractivity contribution in [2.24, 2.45) is 12.2 Å². The van der Waals surface area contributed by atoms with Crippen LogP contribution in [0.1, 0.15) is 5.69 Å². The number of oxime groups is 1. The molecule has 0 saturated carbocycles. The highest BCUT2D eigenvalue weighted by Gasteiger charge is 2.54. The van der Waals surface area contributed by atoms with Gasteiger partial charge in [0.1, 0.15) is 35.7 Å². The first kappa shape index (κ1) is 26.0. The first-order chi connectivity index (χ1) is 17.1. The average Bonchev–Trinajstić information content (AvgIpc) is 3.25. The Morgan fingerprint density at radius 2 is 2.17 bits per heavy atom. The van der Waals surface area contributed by atoms with E-state index in [1.165, 1.54) is 41.4 Å². The van der Waals surface area contributed by atoms with Crippen LogP contribution < -0.4 is 11.1 Å². The fourth-order valence-corrected chi connectivity index (χ4v) is 6.21. The number of aromatic nitrogens is 5. The molecule has 4 heterocycles. The Morgan fingerprint density at radius 3 is 2.81 bits per heavy atom. The minimum Gasteiger partial charge on any atom is -0.477 e. The van der Waals surface area contributed by atoms with Gasteiger partial charge < -0.3 is 21.0 Å². The molecular formula is C18H17Cl2N9O5S2. The summed E-state index contributed by atoms with van der Waals surface area (Å²) in [6, 6.07) is 0.284. The molecule has 2 amide bonds. The van der Waals surface area contributed by atoms with Crippen molar-refractivity contribution in [2.75, 3.05) is 24.3 Å². The zero-order valence-electron chi connectivity index (χ0n) is 18.5. The summed E-state index contributed by atoms with van der Waals surface area (Å²) in [6.07, 6.45) is 0. The quantitative estimate of drug-likeness (QED) is 0.170. The smallest absolute Gasteiger partial charge is 0.352 e. The van der Waals surface area contributed by atoms with Crippen LogP contribution in [0.4, 0.5) is 5.82 Å². The molecule has 2 aliphatic rings. The number of thioether (sulfide) groups is 2. The number of β-lactam (4-membered cyclic amide) rings is 1. The first-order valence-corrected chi connectivity index (χ1v) is 12.7. The third kappa shape index (κ3) is 4.80. The van der Waals surface area contributed by atoms with Gasteiger partial charge in [0.2, 0.25) is 5.16 Å². The monoisotopic (exact) mass is 573 g/mol. The molecule has 2 aromatic rings. The minimum absolute atomic E-state index is 0.00916. The van der Waals surface area contributed by atoms with E-state index in [-0.39, 0.29) is 38.7 Å². The summed E-state index contributed by atoms with van der Waals surface area (Å²) in [5, 5.41) is 27.1. The molecule has 4 rings (SSSR count). The molecule has 0 bridgehead atoms. The molecule has 0 radical (unpaired) electrons. The zero-order chi connectivity index (χ0) is 26.1. The number of fused-ring (bicyclic) bond motifs is 1. The van der Waals surface area contributed by atoms with E-state index in [4.69, 9.17) is 33.8 Å². The van der Waals surface area contributed by atoms with Gasteiger partial charge in [-0.15, -0.1) is 16.9 Å². The van der Waals surface area contributed by atoms with Crippen LogP contribution in [-0.4, -0.2) is 88.7 Å². The molecule has 190 valence electrons. The maximum Gasteiger partial charge on any atom is 0.352 e. The van der Waals surface area contributed by atoms with Crippen molar-refractivity contribution >= 4 is 76.0 Å². The van der Waals surface area contributed by atoms with Gasteiger partial charge in [0.15, 0.2) is 5.71 Å². The van der Waals surface area contributed by atoms with E-state index in [1.54, 1.807) is 7.05 Å². The highest BCUT2D eigenvalue weighted by Crippen LogP contribution is 2.41. The number of aryl methyl sites for hydroxylation is 1. The van der Waals surface area contributed by atoms with E-state index in [1.807, 2.05) is 0 Å². The molecule has 2 aromatic heterocycles. The van der Waals surface area contributed by atoms with E-state index in [2.05, 4.69) is 31.0 Å². The SMILES string of the molecule is CO/N=C(\C(=O)NC1C(=O)N2C(C(=O)O)=C(CSc3nnnn3C)CS[C@H]12)c1nc(N)c(Cl)cc1Cl. The van der Waals surface area contributed by atoms with E-state index < -0.39 is 29.2 Å². The van der Waals surface area contributed by atoms with Crippen molar-refractivity contribution in [1.29, 1.82) is 0 Å². The number of tetrazole rings is 1. The number of hydrogen-bond donors (Lipinski definition) is 3. The van der Waals surface area contributed by atoms with Crippen LogP contribution in [0.2, 0.25) is 10.0 Å². The molecule has 4 N–H and O–H groups in total. The molecular weight excluding hydrogens is 557 g/mol. The predicted octanol–water partition coefficient (Wildman–Crippen LogP) is 0.375. The third-order valence-electron chi connectivity index (χ3n) is 5.07. The molecule has 18 heteroatoms. The second kappa shape index (κ2) is 10.5. The fourth-order valence-electron chi connectivity index (χ4n) is 3.43. The predicted molar refractivity (Wildman–Crippen MR) is 131 cm³/mol. The molecule has 0 aliphatic carbocycles. The number of carbonyl (C=O) groups excluding carboxylic acids is 2. The van der Waals surface area contributed by atoms with Crippen LogP contribution >= 0.6 is 46.7 Å². The van der Waals surface area contributed by atoms with Gasteiger partial charge in [-0.1, -0.05) is 40.1 Å². The maximum absolute atomic E-state index is 13.0. The molecule has 1 unspecified atom stereocenters. The van der Waals surface area contributed by atoms with Crippen LogP contribution in [-0.2, 0) is 26.3 Å². The number of amides is 2. The van der Waals surface area contributed by atoms with Gasteiger partial charge in [-0.05, 0) is 22.1 Å². The van der Waals surface area contributed by atoms with Crippen molar-refractivity contribution in [1.82, 2.24) is 35.4 Å². The van der Waals surface area contributed by atoms with Crippen molar-refractivity contribution in [2.45, 2.75) is 16.6 Å². The molecule has 2 atom stereocenters. The Hall–Kier alpha value is -3.08. The number of rotatable bonds is 8. The van der Waals surface area contributed by atoms with Crippen LogP contribution in [0.25, 0.3) is 0 Å². The summed E-state index contributed by atoms with van der Waals surface area (Å²) in [5.41, 5.74) is 5.70. The highest BCUT2D eigenvalue weighted by molar-refractivity contribution is 8.01. The van der Waals surface area contributed by atoms with Gasteiger partial charge in [0.25, 0.3) is 11.8 Å². The second-order valence-electron chi connectivity index (χ2n) is 7.30. The Kier molecular flexibility index (Phi) is 7.58. The van der Waals surface area contributed by atoms with Crippen LogP contribution in [0.3, 0.4) is 0 Å². The number of carboxylic acid groups (broad SMARTS) is 1. The van der Waals surface area contributed by atoms with E-state index in [0.29, 0.717) is 16.5 Å². The van der Waals surface area contributed by atoms with Gasteiger partial charge in [-0.25, -0.2) is 14.5 Å². The molecule has 0 spiro atoms. The molecule has 1 saturated heterocycles. The minimum atomic E-state index is -1.25. The molecule has 36 heavy (non-hydrogen) atoms. The first-order valence-electron chi connectivity index (χ1n) is 9.93. The van der Waals surface area contributed by atoms with Gasteiger partial charge >= 0.3 is 5.97 Å².